The average Bonchev–Trinajstić information content (AvgIpc) is 3.07. The monoisotopic (exact) mass is 443 g/mol. The highest BCUT2D eigenvalue weighted by Crippen LogP contribution is 2.26. The van der Waals surface area contributed by atoms with E-state index in [2.05, 4.69) is 20.8 Å². The summed E-state index contributed by atoms with van der Waals surface area (Å²) in [4.78, 5) is 24.6. The number of halogens is 1. The number of methoxy groups -OCH3 is 1. The van der Waals surface area contributed by atoms with E-state index >= 15 is 0 Å². The third kappa shape index (κ3) is 6.05. The maximum Gasteiger partial charge on any atom is 0.234 e. The van der Waals surface area contributed by atoms with Crippen molar-refractivity contribution in [3.8, 4) is 5.75 Å². The Labute approximate surface area is 183 Å². The number of benzene rings is 2. The van der Waals surface area contributed by atoms with E-state index in [0.717, 1.165) is 5.56 Å². The van der Waals surface area contributed by atoms with Crippen LogP contribution in [0.5, 0.6) is 5.75 Å². The largest absolute Gasteiger partial charge is 0.495 e. The first kappa shape index (κ1) is 22.3. The van der Waals surface area contributed by atoms with Crippen LogP contribution in [-0.4, -0.2) is 39.4 Å². The third-order valence-corrected chi connectivity index (χ3v) is 5.35. The van der Waals surface area contributed by atoms with Gasteiger partial charge in [0.15, 0.2) is 5.16 Å². The number of nitrogens with zero attached hydrogens (tertiary/aromatic N) is 3. The number of carbonyl (C=O) groups excluding carboxylic acids is 2. The number of hydrogen-bond donors (Lipinski definition) is 2. The molecule has 10 heteroatoms. The Morgan fingerprint density at radius 2 is 1.84 bits per heavy atom. The lowest BCUT2D eigenvalue weighted by Crippen LogP contribution is -2.17. The highest BCUT2D eigenvalue weighted by atomic mass is 32.2. The molecular formula is C21H22FN5O3S. The molecule has 0 aliphatic carbocycles. The molecule has 0 aliphatic rings. The molecule has 31 heavy (non-hydrogen) atoms. The van der Waals surface area contributed by atoms with Gasteiger partial charge in [-0.25, -0.2) is 4.39 Å². The van der Waals surface area contributed by atoms with Crippen LogP contribution in [0.2, 0.25) is 0 Å². The average molecular weight is 444 g/mol. The number of anilines is 2. The lowest BCUT2D eigenvalue weighted by Gasteiger charge is -2.11. The van der Waals surface area contributed by atoms with Crippen molar-refractivity contribution in [1.29, 1.82) is 0 Å². The summed E-state index contributed by atoms with van der Waals surface area (Å²) in [6.45, 7) is 1.93. The zero-order valence-electron chi connectivity index (χ0n) is 17.3. The first-order valence-corrected chi connectivity index (χ1v) is 10.3. The SMILES string of the molecule is COc1ccc(C)cc1NC(=O)CSc1nnc(CC(=O)Nc2ccc(F)cc2)n1C. The van der Waals surface area contributed by atoms with Gasteiger partial charge in [0.1, 0.15) is 17.4 Å². The van der Waals surface area contributed by atoms with Gasteiger partial charge < -0.3 is 19.9 Å². The molecular weight excluding hydrogens is 421 g/mol. The summed E-state index contributed by atoms with van der Waals surface area (Å²) in [6.07, 6.45) is -0.00583. The third-order valence-electron chi connectivity index (χ3n) is 4.33. The molecule has 0 radical (unpaired) electrons. The summed E-state index contributed by atoms with van der Waals surface area (Å²) in [5.41, 5.74) is 2.09. The van der Waals surface area contributed by atoms with E-state index in [1.54, 1.807) is 24.8 Å². The van der Waals surface area contributed by atoms with Crippen LogP contribution in [0.1, 0.15) is 11.4 Å². The molecule has 0 spiro atoms. The number of aryl methyl sites for hydroxylation is 1. The topological polar surface area (TPSA) is 98.1 Å². The fraction of sp³-hybridized carbons (Fsp3) is 0.238. The van der Waals surface area contributed by atoms with E-state index in [0.29, 0.717) is 28.1 Å². The predicted molar refractivity (Wildman–Crippen MR) is 117 cm³/mol. The van der Waals surface area contributed by atoms with E-state index in [1.807, 2.05) is 19.1 Å². The molecule has 2 aromatic carbocycles. The lowest BCUT2D eigenvalue weighted by atomic mass is 10.2. The van der Waals surface area contributed by atoms with Crippen molar-refractivity contribution in [1.82, 2.24) is 14.8 Å². The van der Waals surface area contributed by atoms with Crippen LogP contribution >= 0.6 is 11.8 Å². The number of amides is 2. The summed E-state index contributed by atoms with van der Waals surface area (Å²) in [5, 5.41) is 14.1. The molecule has 0 saturated heterocycles. The van der Waals surface area contributed by atoms with E-state index in [1.165, 1.54) is 36.0 Å². The van der Waals surface area contributed by atoms with Crippen molar-refractivity contribution >= 4 is 35.0 Å². The Hall–Kier alpha value is -3.40. The summed E-state index contributed by atoms with van der Waals surface area (Å²) in [7, 11) is 3.27. The van der Waals surface area contributed by atoms with Crippen molar-refractivity contribution in [3.05, 3.63) is 59.7 Å². The molecule has 8 nitrogen and oxygen atoms in total. The zero-order valence-corrected chi connectivity index (χ0v) is 18.1. The van der Waals surface area contributed by atoms with Crippen LogP contribution in [0.15, 0.2) is 47.6 Å². The Morgan fingerprint density at radius 3 is 2.55 bits per heavy atom. The van der Waals surface area contributed by atoms with Gasteiger partial charge in [-0.2, -0.15) is 0 Å². The van der Waals surface area contributed by atoms with Gasteiger partial charge in [-0.1, -0.05) is 17.8 Å². The van der Waals surface area contributed by atoms with Crippen LogP contribution in [0.3, 0.4) is 0 Å². The number of hydrogen-bond acceptors (Lipinski definition) is 6. The minimum absolute atomic E-state index is 0.00583. The molecule has 2 N–H and O–H groups in total. The van der Waals surface area contributed by atoms with Crippen molar-refractivity contribution in [2.75, 3.05) is 23.5 Å². The molecule has 0 bridgehead atoms. The van der Waals surface area contributed by atoms with Crippen LogP contribution < -0.4 is 15.4 Å². The summed E-state index contributed by atoms with van der Waals surface area (Å²) in [6, 6.07) is 11.0. The summed E-state index contributed by atoms with van der Waals surface area (Å²) >= 11 is 1.21. The van der Waals surface area contributed by atoms with Gasteiger partial charge in [-0.15, -0.1) is 10.2 Å². The van der Waals surface area contributed by atoms with Crippen molar-refractivity contribution in [2.45, 2.75) is 18.5 Å². The number of thioether (sulfide) groups is 1. The van der Waals surface area contributed by atoms with E-state index in [9.17, 15) is 14.0 Å². The van der Waals surface area contributed by atoms with Crippen LogP contribution in [0, 0.1) is 12.7 Å². The Morgan fingerprint density at radius 1 is 1.10 bits per heavy atom. The second-order valence-corrected chi connectivity index (χ2v) is 7.67. The molecule has 0 atom stereocenters. The maximum absolute atomic E-state index is 13.0. The zero-order chi connectivity index (χ0) is 22.4. The van der Waals surface area contributed by atoms with Gasteiger partial charge in [-0.05, 0) is 48.9 Å². The van der Waals surface area contributed by atoms with E-state index in [4.69, 9.17) is 4.74 Å². The molecule has 162 valence electrons. The van der Waals surface area contributed by atoms with Crippen LogP contribution in [0.4, 0.5) is 15.8 Å². The van der Waals surface area contributed by atoms with Gasteiger partial charge in [0.25, 0.3) is 0 Å². The standard InChI is InChI=1S/C21H22FN5O3S/c1-13-4-9-17(30-3)16(10-13)24-20(29)12-31-21-26-25-18(27(21)2)11-19(28)23-15-7-5-14(22)6-8-15/h4-10H,11-12H2,1-3H3,(H,23,28)(H,24,29). The van der Waals surface area contributed by atoms with Gasteiger partial charge in [0, 0.05) is 12.7 Å². The Kier molecular flexibility index (Phi) is 7.24. The number of nitrogens with one attached hydrogen (secondary N) is 2. The number of ether oxygens (including phenoxy) is 1. The number of rotatable bonds is 8. The van der Waals surface area contributed by atoms with Gasteiger partial charge >= 0.3 is 0 Å². The van der Waals surface area contributed by atoms with Crippen molar-refractivity contribution in [2.24, 2.45) is 7.05 Å². The highest BCUT2D eigenvalue weighted by molar-refractivity contribution is 7.99. The molecule has 0 saturated carbocycles. The fourth-order valence-electron chi connectivity index (χ4n) is 2.74. The smallest absolute Gasteiger partial charge is 0.234 e. The maximum atomic E-state index is 13.0. The summed E-state index contributed by atoms with van der Waals surface area (Å²) in [5.74, 6) is 0.249. The molecule has 3 rings (SSSR count). The quantitative estimate of drug-likeness (QED) is 0.519. The Bertz CT molecular complexity index is 1090. The van der Waals surface area contributed by atoms with Gasteiger partial charge in [0.05, 0.1) is 25.0 Å². The fourth-order valence-corrected chi connectivity index (χ4v) is 3.47. The highest BCUT2D eigenvalue weighted by Gasteiger charge is 2.15. The molecule has 3 aromatic rings. The molecule has 1 aromatic heterocycles. The van der Waals surface area contributed by atoms with Crippen LogP contribution in [0.25, 0.3) is 0 Å². The van der Waals surface area contributed by atoms with Crippen molar-refractivity contribution < 1.29 is 18.7 Å². The molecule has 0 unspecified atom stereocenters. The van der Waals surface area contributed by atoms with Gasteiger partial charge in [-0.3, -0.25) is 9.59 Å². The molecule has 1 heterocycles. The van der Waals surface area contributed by atoms with E-state index in [-0.39, 0.29) is 29.8 Å². The first-order chi connectivity index (χ1) is 14.9. The molecule has 0 aliphatic heterocycles. The predicted octanol–water partition coefficient (Wildman–Crippen LogP) is 3.18. The summed E-state index contributed by atoms with van der Waals surface area (Å²) < 4.78 is 19.9. The minimum Gasteiger partial charge on any atom is -0.495 e. The lowest BCUT2D eigenvalue weighted by molar-refractivity contribution is -0.116. The van der Waals surface area contributed by atoms with Gasteiger partial charge in [0.2, 0.25) is 11.8 Å². The second-order valence-electron chi connectivity index (χ2n) is 6.73. The van der Waals surface area contributed by atoms with E-state index < -0.39 is 0 Å². The van der Waals surface area contributed by atoms with Crippen molar-refractivity contribution in [3.63, 3.8) is 0 Å². The minimum atomic E-state index is -0.377. The number of carbonyl (C=O) groups is 2. The first-order valence-electron chi connectivity index (χ1n) is 9.36. The van der Waals surface area contributed by atoms with Crippen LogP contribution in [-0.2, 0) is 23.1 Å². The number of aromatic nitrogens is 3. The molecule has 0 fully saturated rings. The second kappa shape index (κ2) is 10.1. The Balaban J connectivity index is 1.55. The molecule has 2 amide bonds. The normalized spacial score (nSPS) is 10.6.